The number of rotatable bonds is 9. The Hall–Kier alpha value is -3.16. The van der Waals surface area contributed by atoms with Gasteiger partial charge in [-0.1, -0.05) is 60.1 Å². The van der Waals surface area contributed by atoms with Crippen molar-refractivity contribution in [2.24, 2.45) is 0 Å². The fourth-order valence-corrected chi connectivity index (χ4v) is 7.39. The van der Waals surface area contributed by atoms with E-state index in [0.29, 0.717) is 16.1 Å². The molecule has 2 heterocycles. The van der Waals surface area contributed by atoms with E-state index >= 15 is 0 Å². The second kappa shape index (κ2) is 10.7. The van der Waals surface area contributed by atoms with Crippen LogP contribution in [0.2, 0.25) is 5.02 Å². The van der Waals surface area contributed by atoms with Crippen molar-refractivity contribution in [3.05, 3.63) is 100 Å². The van der Waals surface area contributed by atoms with Gasteiger partial charge in [0.05, 0.1) is 22.5 Å². The summed E-state index contributed by atoms with van der Waals surface area (Å²) in [6.45, 7) is -0.250. The van der Waals surface area contributed by atoms with Crippen molar-refractivity contribution in [2.75, 3.05) is 0 Å². The summed E-state index contributed by atoms with van der Waals surface area (Å²) in [5.41, 5.74) is 3.05. The molecule has 0 amide bonds. The number of sulfone groups is 1. The summed E-state index contributed by atoms with van der Waals surface area (Å²) in [7, 11) is -6.80. The number of benzene rings is 3. The fourth-order valence-electron chi connectivity index (χ4n) is 3.78. The maximum absolute atomic E-state index is 13.7. The number of nitrogens with zero attached hydrogens (tertiary/aromatic N) is 3. The quantitative estimate of drug-likeness (QED) is 0.249. The number of nitrogens with one attached hydrogen (secondary N) is 1. The maximum atomic E-state index is 13.7. The van der Waals surface area contributed by atoms with Gasteiger partial charge in [0.15, 0.2) is 15.1 Å². The Balaban J connectivity index is 1.57. The molecule has 1 N–H and O–H groups in total. The van der Waals surface area contributed by atoms with E-state index in [1.165, 1.54) is 11.3 Å². The number of aromatic nitrogens is 3. The van der Waals surface area contributed by atoms with E-state index in [9.17, 15) is 16.8 Å². The summed E-state index contributed by atoms with van der Waals surface area (Å²) >= 11 is 7.36. The van der Waals surface area contributed by atoms with Crippen LogP contribution in [0.3, 0.4) is 0 Å². The maximum Gasteiger partial charge on any atom is 0.241 e. The molecular formula is C24H19ClN4O5S3. The average Bonchev–Trinajstić information content (AvgIpc) is 3.49. The van der Waals surface area contributed by atoms with Crippen molar-refractivity contribution < 1.29 is 21.3 Å². The number of hydrogen-bond donors (Lipinski definition) is 2. The van der Waals surface area contributed by atoms with E-state index in [0.717, 1.165) is 15.8 Å². The molecule has 13 heteroatoms. The highest BCUT2D eigenvalue weighted by Gasteiger charge is 2.37. The Morgan fingerprint density at radius 3 is 2.51 bits per heavy atom. The van der Waals surface area contributed by atoms with Gasteiger partial charge in [0.1, 0.15) is 5.01 Å². The zero-order valence-corrected chi connectivity index (χ0v) is 22.2. The zero-order chi connectivity index (χ0) is 26.0. The van der Waals surface area contributed by atoms with Crippen molar-refractivity contribution in [3.8, 4) is 11.1 Å². The first kappa shape index (κ1) is 25.5. The summed E-state index contributed by atoms with van der Waals surface area (Å²) in [4.78, 5) is 4.61. The first-order valence-corrected chi connectivity index (χ1v) is 15.0. The molecule has 0 spiro atoms. The molecule has 0 aliphatic heterocycles. The van der Waals surface area contributed by atoms with Crippen LogP contribution in [0.25, 0.3) is 21.3 Å². The second-order valence-corrected chi connectivity index (χ2v) is 12.5. The summed E-state index contributed by atoms with van der Waals surface area (Å²) in [6.07, 6.45) is 0. The van der Waals surface area contributed by atoms with Gasteiger partial charge in [0, 0.05) is 5.02 Å². The minimum absolute atomic E-state index is 0.0570. The highest BCUT2D eigenvalue weighted by molar-refractivity contribution is 7.91. The minimum atomic E-state index is -3.92. The minimum Gasteiger partial charge on any atom is -0.422 e. The predicted octanol–water partition coefficient (Wildman–Crippen LogP) is 4.32. The first-order valence-electron chi connectivity index (χ1n) is 10.9. The van der Waals surface area contributed by atoms with Crippen LogP contribution in [0.1, 0.15) is 27.6 Å². The number of thiol groups is 1. The second-order valence-electron chi connectivity index (χ2n) is 8.04. The molecule has 37 heavy (non-hydrogen) atoms. The molecule has 0 saturated heterocycles. The summed E-state index contributed by atoms with van der Waals surface area (Å²) in [6, 6.07) is 21.8. The van der Waals surface area contributed by atoms with Gasteiger partial charge < -0.3 is 4.42 Å². The molecule has 1 unspecified atom stereocenters. The van der Waals surface area contributed by atoms with Crippen LogP contribution in [0, 0.1) is 0 Å². The smallest absolute Gasteiger partial charge is 0.241 e. The third-order valence-corrected chi connectivity index (χ3v) is 9.19. The molecule has 0 aliphatic rings. The molecule has 3 aromatic carbocycles. The van der Waals surface area contributed by atoms with Crippen LogP contribution in [-0.4, -0.2) is 32.0 Å². The van der Waals surface area contributed by atoms with E-state index in [4.69, 9.17) is 16.0 Å². The van der Waals surface area contributed by atoms with Crippen LogP contribution in [0.4, 0.5) is 0 Å². The fraction of sp³-hybridized carbons (Fsp3) is 0.125. The lowest BCUT2D eigenvalue weighted by Crippen LogP contribution is -2.17. The summed E-state index contributed by atoms with van der Waals surface area (Å²) < 4.78 is 57.7. The van der Waals surface area contributed by atoms with Crippen LogP contribution in [0.5, 0.6) is 0 Å². The zero-order valence-electron chi connectivity index (χ0n) is 18.9. The van der Waals surface area contributed by atoms with Crippen molar-refractivity contribution in [2.45, 2.75) is 17.5 Å². The van der Waals surface area contributed by atoms with Gasteiger partial charge >= 0.3 is 0 Å². The summed E-state index contributed by atoms with van der Waals surface area (Å²) in [5, 5.41) is 7.32. The van der Waals surface area contributed by atoms with Gasteiger partial charge in [-0.25, -0.2) is 26.5 Å². The monoisotopic (exact) mass is 574 g/mol. The third-order valence-electron chi connectivity index (χ3n) is 5.42. The molecule has 0 saturated carbocycles. The van der Waals surface area contributed by atoms with Crippen molar-refractivity contribution in [3.63, 3.8) is 0 Å². The van der Waals surface area contributed by atoms with Crippen LogP contribution in [-0.2, 0) is 33.0 Å². The number of halogens is 1. The number of hydrogen-bond acceptors (Lipinski definition) is 9. The molecule has 5 rings (SSSR count). The molecule has 0 fully saturated rings. The standard InChI is InChI=1S/C24H19ClN4O5S3/c25-18-8-4-7-16(11-18)17-9-10-19-20(12-17)35-24(27-19)22(23-29-28-21(34-23)13-26-36(30)31)37(32,33)14-15-5-2-1-3-6-15/h1-12,22,36H,13-14H2,(H,26,30,31). The lowest BCUT2D eigenvalue weighted by Gasteiger charge is -2.12. The number of thiazole rings is 1. The molecule has 0 radical (unpaired) electrons. The van der Waals surface area contributed by atoms with E-state index in [1.807, 2.05) is 36.4 Å². The molecule has 2 aromatic heterocycles. The molecule has 0 aliphatic carbocycles. The topological polar surface area (TPSA) is 132 Å². The van der Waals surface area contributed by atoms with Gasteiger partial charge in [0.2, 0.25) is 22.7 Å². The van der Waals surface area contributed by atoms with Crippen molar-refractivity contribution in [1.82, 2.24) is 19.9 Å². The molecule has 5 aromatic rings. The van der Waals surface area contributed by atoms with Gasteiger partial charge in [-0.2, -0.15) is 0 Å². The lowest BCUT2D eigenvalue weighted by atomic mass is 10.1. The molecular weight excluding hydrogens is 556 g/mol. The molecule has 0 bridgehead atoms. The Kier molecular flexibility index (Phi) is 7.36. The highest BCUT2D eigenvalue weighted by atomic mass is 35.5. The van der Waals surface area contributed by atoms with Crippen molar-refractivity contribution >= 4 is 53.9 Å². The Bertz CT molecular complexity index is 1740. The van der Waals surface area contributed by atoms with Gasteiger partial charge in [-0.15, -0.1) is 21.5 Å². The Morgan fingerprint density at radius 2 is 1.76 bits per heavy atom. The average molecular weight is 575 g/mol. The number of fused-ring (bicyclic) bond motifs is 1. The largest absolute Gasteiger partial charge is 0.422 e. The van der Waals surface area contributed by atoms with E-state index < -0.39 is 26.0 Å². The predicted molar refractivity (Wildman–Crippen MR) is 142 cm³/mol. The van der Waals surface area contributed by atoms with E-state index in [-0.39, 0.29) is 29.1 Å². The van der Waals surface area contributed by atoms with E-state index in [1.54, 1.807) is 36.4 Å². The lowest BCUT2D eigenvalue weighted by molar-refractivity contribution is 0.444. The van der Waals surface area contributed by atoms with Gasteiger partial charge in [-0.05, 0) is 41.0 Å². The molecule has 190 valence electrons. The highest BCUT2D eigenvalue weighted by Crippen LogP contribution is 2.38. The third kappa shape index (κ3) is 5.89. The van der Waals surface area contributed by atoms with Crippen LogP contribution < -0.4 is 4.72 Å². The van der Waals surface area contributed by atoms with Crippen molar-refractivity contribution in [1.29, 1.82) is 0 Å². The SMILES string of the molecule is O=[SH](=O)NCc1nnc(C(c2nc3ccc(-c4cccc(Cl)c4)cc3s2)S(=O)(=O)Cc2ccccc2)o1. The normalized spacial score (nSPS) is 12.8. The Labute approximate surface area is 223 Å². The van der Waals surface area contributed by atoms with Gasteiger partial charge in [0.25, 0.3) is 0 Å². The molecule has 1 atom stereocenters. The van der Waals surface area contributed by atoms with E-state index in [2.05, 4.69) is 19.9 Å². The summed E-state index contributed by atoms with van der Waals surface area (Å²) in [5.74, 6) is -0.508. The molecule has 9 nitrogen and oxygen atoms in total. The van der Waals surface area contributed by atoms with Crippen LogP contribution in [0.15, 0.2) is 77.2 Å². The van der Waals surface area contributed by atoms with Crippen LogP contribution >= 0.6 is 22.9 Å². The Morgan fingerprint density at radius 1 is 0.973 bits per heavy atom. The van der Waals surface area contributed by atoms with Gasteiger partial charge in [-0.3, -0.25) is 0 Å². The first-order chi connectivity index (χ1) is 17.8.